The Morgan fingerprint density at radius 3 is 1.67 bits per heavy atom. The summed E-state index contributed by atoms with van der Waals surface area (Å²) in [5.74, 6) is 0. The van der Waals surface area contributed by atoms with E-state index in [2.05, 4.69) is 6.55 Å². The molecule has 0 atom stereocenters. The molecule has 0 bridgehead atoms. The van der Waals surface area contributed by atoms with E-state index in [4.69, 9.17) is 23.2 Å². The van der Waals surface area contributed by atoms with Gasteiger partial charge in [0.15, 0.2) is 0 Å². The topological polar surface area (TPSA) is 0 Å². The second kappa shape index (κ2) is 3.97. The van der Waals surface area contributed by atoms with E-state index in [1.165, 1.54) is 0 Å². The molecule has 0 unspecified atom stereocenters. The van der Waals surface area contributed by atoms with Gasteiger partial charge in [-0.05, 0) is 0 Å². The predicted molar refractivity (Wildman–Crippen MR) is 34.5 cm³/mol. The highest BCUT2D eigenvalue weighted by molar-refractivity contribution is 6.72. The van der Waals surface area contributed by atoms with Crippen LogP contribution in [-0.2, 0) is 0 Å². The zero-order valence-electron chi connectivity index (χ0n) is 3.75. The molecule has 0 aliphatic rings. The SMILES string of the molecule is C[SiH](CCl)CCl. The predicted octanol–water partition coefficient (Wildman–Crippen LogP) is 1.40. The van der Waals surface area contributed by atoms with Crippen LogP contribution in [0.4, 0.5) is 0 Å². The third-order valence-electron chi connectivity index (χ3n) is 0.527. The molecule has 38 valence electrons. The highest BCUT2D eigenvalue weighted by atomic mass is 35.5. The van der Waals surface area contributed by atoms with Gasteiger partial charge in [0, 0.05) is 11.0 Å². The minimum Gasteiger partial charge on any atom is -0.130 e. The van der Waals surface area contributed by atoms with Crippen molar-refractivity contribution in [1.29, 1.82) is 0 Å². The molecule has 3 heteroatoms. The molecule has 0 nitrogen and oxygen atoms in total. The molecule has 0 amide bonds. The number of rotatable bonds is 2. The third kappa shape index (κ3) is 3.01. The van der Waals surface area contributed by atoms with Crippen LogP contribution in [0.2, 0.25) is 6.55 Å². The number of halogens is 2. The monoisotopic (exact) mass is 142 g/mol. The van der Waals surface area contributed by atoms with E-state index in [1.54, 1.807) is 0 Å². The van der Waals surface area contributed by atoms with Gasteiger partial charge in [-0.25, -0.2) is 0 Å². The van der Waals surface area contributed by atoms with Gasteiger partial charge in [0.05, 0.1) is 8.80 Å². The van der Waals surface area contributed by atoms with Crippen molar-refractivity contribution in [2.45, 2.75) is 6.55 Å². The molecule has 0 saturated heterocycles. The van der Waals surface area contributed by atoms with Crippen LogP contribution in [0.5, 0.6) is 0 Å². The lowest BCUT2D eigenvalue weighted by Gasteiger charge is -1.92. The van der Waals surface area contributed by atoms with E-state index in [0.29, 0.717) is 0 Å². The number of alkyl halides is 2. The Balaban J connectivity index is 2.75. The number of hydrogen-bond acceptors (Lipinski definition) is 0. The highest BCUT2D eigenvalue weighted by Crippen LogP contribution is 1.87. The maximum atomic E-state index is 5.43. The molecule has 0 aromatic rings. The second-order valence-electron chi connectivity index (χ2n) is 1.41. The second-order valence-corrected chi connectivity index (χ2v) is 6.09. The lowest BCUT2D eigenvalue weighted by molar-refractivity contribution is 1.80. The minimum atomic E-state index is -0.630. The Hall–Kier alpha value is 0.797. The zero-order chi connectivity index (χ0) is 4.99. The summed E-state index contributed by atoms with van der Waals surface area (Å²) >= 11 is 10.9. The van der Waals surface area contributed by atoms with Gasteiger partial charge in [0.25, 0.3) is 0 Å². The molecule has 0 fully saturated rings. The average molecular weight is 143 g/mol. The van der Waals surface area contributed by atoms with Crippen molar-refractivity contribution >= 4 is 32.0 Å². The molecule has 0 aliphatic heterocycles. The van der Waals surface area contributed by atoms with Crippen LogP contribution < -0.4 is 0 Å². The summed E-state index contributed by atoms with van der Waals surface area (Å²) in [6, 6.07) is 0. The van der Waals surface area contributed by atoms with Crippen LogP contribution in [-0.4, -0.2) is 19.8 Å². The van der Waals surface area contributed by atoms with Crippen LogP contribution in [0.1, 0.15) is 0 Å². The molecule has 0 N–H and O–H groups in total. The first-order valence-corrected chi connectivity index (χ1v) is 5.79. The maximum absolute atomic E-state index is 5.43. The van der Waals surface area contributed by atoms with E-state index in [1.807, 2.05) is 0 Å². The van der Waals surface area contributed by atoms with Crippen molar-refractivity contribution in [3.63, 3.8) is 0 Å². The first kappa shape index (κ1) is 6.80. The smallest absolute Gasteiger partial charge is 0.0677 e. The van der Waals surface area contributed by atoms with Crippen molar-refractivity contribution in [3.05, 3.63) is 0 Å². The number of hydrogen-bond donors (Lipinski definition) is 0. The van der Waals surface area contributed by atoms with Crippen LogP contribution in [0.15, 0.2) is 0 Å². The van der Waals surface area contributed by atoms with E-state index in [0.717, 1.165) is 11.0 Å². The third-order valence-corrected chi connectivity index (χ3v) is 4.74. The van der Waals surface area contributed by atoms with Gasteiger partial charge in [0.2, 0.25) is 0 Å². The van der Waals surface area contributed by atoms with Gasteiger partial charge in [-0.2, -0.15) is 0 Å². The Bertz CT molecular complexity index is 28.0. The fourth-order valence-electron chi connectivity index (χ4n) is 0.0412. The molecule has 0 radical (unpaired) electrons. The van der Waals surface area contributed by atoms with Crippen LogP contribution in [0.25, 0.3) is 0 Å². The maximum Gasteiger partial charge on any atom is 0.0677 e. The zero-order valence-corrected chi connectivity index (χ0v) is 6.41. The summed E-state index contributed by atoms with van der Waals surface area (Å²) in [5.41, 5.74) is 1.62. The molecular weight excluding hydrogens is 135 g/mol. The molecule has 0 heterocycles. The van der Waals surface area contributed by atoms with E-state index < -0.39 is 8.80 Å². The molecule has 0 rings (SSSR count). The molecule has 6 heavy (non-hydrogen) atoms. The molecule has 0 saturated carbocycles. The summed E-state index contributed by atoms with van der Waals surface area (Å²) in [6.45, 7) is 2.15. The van der Waals surface area contributed by atoms with Crippen LogP contribution >= 0.6 is 23.2 Å². The minimum absolute atomic E-state index is 0.630. The first-order chi connectivity index (χ1) is 2.81. The van der Waals surface area contributed by atoms with E-state index in [-0.39, 0.29) is 0 Å². The quantitative estimate of drug-likeness (QED) is 0.405. The Labute approximate surface area is 50.1 Å². The summed E-state index contributed by atoms with van der Waals surface area (Å²) in [6.07, 6.45) is 0. The lowest BCUT2D eigenvalue weighted by Crippen LogP contribution is -2.11. The van der Waals surface area contributed by atoms with Crippen molar-refractivity contribution in [1.82, 2.24) is 0 Å². The van der Waals surface area contributed by atoms with Crippen molar-refractivity contribution in [2.75, 3.05) is 11.0 Å². The van der Waals surface area contributed by atoms with Gasteiger partial charge in [-0.1, -0.05) is 6.55 Å². The Morgan fingerprint density at radius 2 is 1.67 bits per heavy atom. The van der Waals surface area contributed by atoms with Crippen LogP contribution in [0.3, 0.4) is 0 Å². The average Bonchev–Trinajstić information content (AvgIpc) is 1.65. The normalized spacial score (nSPS) is 10.0. The molecule has 0 aromatic carbocycles. The molecule has 0 aliphatic carbocycles. The summed E-state index contributed by atoms with van der Waals surface area (Å²) in [5, 5.41) is 0. The van der Waals surface area contributed by atoms with E-state index in [9.17, 15) is 0 Å². The van der Waals surface area contributed by atoms with Crippen LogP contribution in [0, 0.1) is 0 Å². The Kier molecular flexibility index (Phi) is 4.50. The largest absolute Gasteiger partial charge is 0.130 e. The van der Waals surface area contributed by atoms with Gasteiger partial charge in [0.1, 0.15) is 0 Å². The van der Waals surface area contributed by atoms with Gasteiger partial charge in [-0.3, -0.25) is 0 Å². The fraction of sp³-hybridized carbons (Fsp3) is 1.00. The lowest BCUT2D eigenvalue weighted by atomic mass is 11.8. The van der Waals surface area contributed by atoms with Gasteiger partial charge < -0.3 is 0 Å². The molecular formula is C3H8Cl2Si. The molecule has 0 spiro atoms. The fourth-order valence-corrected chi connectivity index (χ4v) is 1.11. The van der Waals surface area contributed by atoms with E-state index >= 15 is 0 Å². The standard InChI is InChI=1S/C3H8Cl2Si/c1-6(2-4)3-5/h6H,2-3H2,1H3. The summed E-state index contributed by atoms with van der Waals surface area (Å²) < 4.78 is 0. The molecule has 0 aromatic heterocycles. The summed E-state index contributed by atoms with van der Waals surface area (Å²) in [7, 11) is -0.630. The Morgan fingerprint density at radius 1 is 1.33 bits per heavy atom. The van der Waals surface area contributed by atoms with Crippen molar-refractivity contribution in [3.8, 4) is 0 Å². The van der Waals surface area contributed by atoms with Gasteiger partial charge in [-0.15, -0.1) is 23.2 Å². The van der Waals surface area contributed by atoms with Crippen molar-refractivity contribution in [2.24, 2.45) is 0 Å². The first-order valence-electron chi connectivity index (χ1n) is 1.93. The summed E-state index contributed by atoms with van der Waals surface area (Å²) in [4.78, 5) is 0. The van der Waals surface area contributed by atoms with Crippen molar-refractivity contribution < 1.29 is 0 Å². The van der Waals surface area contributed by atoms with Gasteiger partial charge >= 0.3 is 0 Å². The highest BCUT2D eigenvalue weighted by Gasteiger charge is 1.95.